The van der Waals surface area contributed by atoms with Crippen molar-refractivity contribution in [3.05, 3.63) is 41.9 Å². The van der Waals surface area contributed by atoms with E-state index in [-0.39, 0.29) is 23.6 Å². The Hall–Kier alpha value is -2.96. The second kappa shape index (κ2) is 6.66. The quantitative estimate of drug-likeness (QED) is 0.495. The predicted molar refractivity (Wildman–Crippen MR) is 74.5 cm³/mol. The summed E-state index contributed by atoms with van der Waals surface area (Å²) < 4.78 is 10.1. The molecule has 0 aliphatic rings. The summed E-state index contributed by atoms with van der Waals surface area (Å²) in [5.41, 5.74) is 0.660. The van der Waals surface area contributed by atoms with E-state index in [0.29, 0.717) is 5.56 Å². The summed E-state index contributed by atoms with van der Waals surface area (Å²) in [6.07, 6.45) is 0.498. The number of Topliss-reactive ketones (excluding diaryl/α,β-unsaturated/α-hetero) is 1. The van der Waals surface area contributed by atoms with Gasteiger partial charge in [0.15, 0.2) is 23.6 Å². The summed E-state index contributed by atoms with van der Waals surface area (Å²) in [5.74, 6) is -2.20. The van der Waals surface area contributed by atoms with Crippen LogP contribution in [0.3, 0.4) is 0 Å². The zero-order chi connectivity index (χ0) is 16.1. The first kappa shape index (κ1) is 15.4. The number of rotatable bonds is 6. The van der Waals surface area contributed by atoms with Crippen LogP contribution in [0.4, 0.5) is 0 Å². The van der Waals surface area contributed by atoms with Crippen LogP contribution in [0, 0.1) is 0 Å². The van der Waals surface area contributed by atoms with Crippen LogP contribution in [0.5, 0.6) is 0 Å². The van der Waals surface area contributed by atoms with Crippen LogP contribution < -0.4 is 0 Å². The molecule has 7 nitrogen and oxygen atoms in total. The fraction of sp³-hybridized carbons (Fsp3) is 0.200. The average molecular weight is 303 g/mol. The van der Waals surface area contributed by atoms with Gasteiger partial charge in [-0.2, -0.15) is 0 Å². The molecule has 0 saturated heterocycles. The van der Waals surface area contributed by atoms with E-state index in [0.717, 1.165) is 6.39 Å². The van der Waals surface area contributed by atoms with Crippen molar-refractivity contribution >= 4 is 17.7 Å². The number of ether oxygens (including phenoxy) is 1. The molecule has 2 rings (SSSR count). The van der Waals surface area contributed by atoms with Crippen LogP contribution in [0.15, 0.2) is 35.1 Å². The van der Waals surface area contributed by atoms with Gasteiger partial charge in [0.1, 0.15) is 6.42 Å². The third-order valence-electron chi connectivity index (χ3n) is 2.79. The Morgan fingerprint density at radius 1 is 1.32 bits per heavy atom. The molecule has 114 valence electrons. The zero-order valence-corrected chi connectivity index (χ0v) is 11.7. The highest BCUT2D eigenvalue weighted by molar-refractivity contribution is 6.06. The summed E-state index contributed by atoms with van der Waals surface area (Å²) in [5, 5.41) is 8.66. The van der Waals surface area contributed by atoms with E-state index in [1.807, 2.05) is 0 Å². The first-order chi connectivity index (χ1) is 10.5. The zero-order valence-electron chi connectivity index (χ0n) is 11.7. The van der Waals surface area contributed by atoms with Gasteiger partial charge in [-0.05, 0) is 13.0 Å². The predicted octanol–water partition coefficient (Wildman–Crippen LogP) is 2.18. The normalized spacial score (nSPS) is 10.2. The van der Waals surface area contributed by atoms with E-state index >= 15 is 0 Å². The number of hydrogen-bond acceptors (Lipinski definition) is 6. The van der Waals surface area contributed by atoms with E-state index in [4.69, 9.17) is 14.3 Å². The molecule has 7 heteroatoms. The molecule has 0 atom stereocenters. The van der Waals surface area contributed by atoms with Crippen LogP contribution in [-0.4, -0.2) is 34.4 Å². The second-order valence-electron chi connectivity index (χ2n) is 4.33. The van der Waals surface area contributed by atoms with Crippen molar-refractivity contribution in [2.45, 2.75) is 13.3 Å². The third kappa shape index (κ3) is 3.38. The van der Waals surface area contributed by atoms with Crippen LogP contribution in [0.25, 0.3) is 11.3 Å². The van der Waals surface area contributed by atoms with Gasteiger partial charge in [-0.15, -0.1) is 0 Å². The number of esters is 1. The number of aromatic nitrogens is 1. The summed E-state index contributed by atoms with van der Waals surface area (Å²) in [7, 11) is 0. The molecule has 0 spiro atoms. The molecule has 0 radical (unpaired) electrons. The van der Waals surface area contributed by atoms with E-state index in [1.54, 1.807) is 19.1 Å². The maximum absolute atomic E-state index is 11.8. The van der Waals surface area contributed by atoms with E-state index in [2.05, 4.69) is 4.98 Å². The number of oxazole rings is 1. The van der Waals surface area contributed by atoms with Crippen LogP contribution in [0.2, 0.25) is 0 Å². The molecule has 0 unspecified atom stereocenters. The van der Waals surface area contributed by atoms with Gasteiger partial charge in [0, 0.05) is 11.1 Å². The number of carboxylic acids is 1. The highest BCUT2D eigenvalue weighted by Gasteiger charge is 2.20. The fourth-order valence-electron chi connectivity index (χ4n) is 1.87. The number of hydrogen-bond donors (Lipinski definition) is 1. The fourth-order valence-corrected chi connectivity index (χ4v) is 1.87. The second-order valence-corrected chi connectivity index (χ2v) is 4.33. The highest BCUT2D eigenvalue weighted by atomic mass is 16.5. The number of carbonyl (C=O) groups excluding carboxylic acids is 2. The Balaban J connectivity index is 2.35. The largest absolute Gasteiger partial charge is 0.481 e. The average Bonchev–Trinajstić information content (AvgIpc) is 2.96. The molecular formula is C15H13NO6. The van der Waals surface area contributed by atoms with Crippen molar-refractivity contribution in [1.82, 2.24) is 4.98 Å². The van der Waals surface area contributed by atoms with Gasteiger partial charge < -0.3 is 14.3 Å². The van der Waals surface area contributed by atoms with Crippen molar-refractivity contribution in [3.63, 3.8) is 0 Å². The minimum atomic E-state index is -1.21. The van der Waals surface area contributed by atoms with E-state index in [1.165, 1.54) is 12.1 Å². The Morgan fingerprint density at radius 2 is 2.09 bits per heavy atom. The van der Waals surface area contributed by atoms with Gasteiger partial charge in [0.05, 0.1) is 6.61 Å². The highest BCUT2D eigenvalue weighted by Crippen LogP contribution is 2.25. The molecule has 1 N–H and O–H groups in total. The minimum absolute atomic E-state index is 0.00434. The Kier molecular flexibility index (Phi) is 4.67. The van der Waals surface area contributed by atoms with Gasteiger partial charge in [0.2, 0.25) is 0 Å². The topological polar surface area (TPSA) is 107 Å². The minimum Gasteiger partial charge on any atom is -0.481 e. The lowest BCUT2D eigenvalue weighted by atomic mass is 10.0. The SMILES string of the molecule is CCOC(=O)c1ncoc1-c1cccc(C(=O)CC(=O)O)c1. The van der Waals surface area contributed by atoms with Gasteiger partial charge >= 0.3 is 11.9 Å². The summed E-state index contributed by atoms with van der Waals surface area (Å²) in [4.78, 5) is 38.0. The first-order valence-electron chi connectivity index (χ1n) is 6.49. The molecule has 0 saturated carbocycles. The number of nitrogens with zero attached hydrogens (tertiary/aromatic N) is 1. The standard InChI is InChI=1S/C15H13NO6/c1-2-21-15(20)13-14(22-8-16-13)10-5-3-4-9(6-10)11(17)7-12(18)19/h3-6,8H,2,7H2,1H3,(H,18,19). The van der Waals surface area contributed by atoms with E-state index in [9.17, 15) is 14.4 Å². The molecule has 2 aromatic rings. The molecule has 1 heterocycles. The van der Waals surface area contributed by atoms with Crippen molar-refractivity contribution in [3.8, 4) is 11.3 Å². The first-order valence-corrected chi connectivity index (χ1v) is 6.49. The maximum atomic E-state index is 11.8. The van der Waals surface area contributed by atoms with Gasteiger partial charge in [0.25, 0.3) is 0 Å². The van der Waals surface area contributed by atoms with Gasteiger partial charge in [-0.3, -0.25) is 9.59 Å². The van der Waals surface area contributed by atoms with Crippen LogP contribution in [-0.2, 0) is 9.53 Å². The molecule has 1 aromatic carbocycles. The number of aliphatic carboxylic acids is 1. The Morgan fingerprint density at radius 3 is 2.77 bits per heavy atom. The maximum Gasteiger partial charge on any atom is 0.360 e. The number of ketones is 1. The molecule has 0 amide bonds. The lowest BCUT2D eigenvalue weighted by molar-refractivity contribution is -0.135. The molecule has 0 aliphatic carbocycles. The Labute approximate surface area is 125 Å². The molecule has 22 heavy (non-hydrogen) atoms. The number of carboxylic acid groups (broad SMARTS) is 1. The number of carbonyl (C=O) groups is 3. The van der Waals surface area contributed by atoms with Crippen LogP contribution in [0.1, 0.15) is 34.2 Å². The lowest BCUT2D eigenvalue weighted by Crippen LogP contribution is -2.08. The van der Waals surface area contributed by atoms with Crippen molar-refractivity contribution < 1.29 is 28.6 Å². The van der Waals surface area contributed by atoms with Crippen molar-refractivity contribution in [2.24, 2.45) is 0 Å². The monoisotopic (exact) mass is 303 g/mol. The third-order valence-corrected chi connectivity index (χ3v) is 2.79. The van der Waals surface area contributed by atoms with E-state index < -0.39 is 24.1 Å². The molecule has 0 aliphatic heterocycles. The summed E-state index contributed by atoms with van der Waals surface area (Å²) in [6.45, 7) is 1.87. The smallest absolute Gasteiger partial charge is 0.360 e. The molecule has 0 fully saturated rings. The van der Waals surface area contributed by atoms with Crippen LogP contribution >= 0.6 is 0 Å². The number of benzene rings is 1. The Bertz CT molecular complexity index is 718. The molecule has 0 bridgehead atoms. The molecular weight excluding hydrogens is 290 g/mol. The summed E-state index contributed by atoms with van der Waals surface area (Å²) >= 11 is 0. The van der Waals surface area contributed by atoms with Crippen molar-refractivity contribution in [2.75, 3.05) is 6.61 Å². The van der Waals surface area contributed by atoms with Gasteiger partial charge in [-0.25, -0.2) is 9.78 Å². The molecule has 1 aromatic heterocycles. The van der Waals surface area contributed by atoms with Crippen molar-refractivity contribution in [1.29, 1.82) is 0 Å². The van der Waals surface area contributed by atoms with Gasteiger partial charge in [-0.1, -0.05) is 18.2 Å². The summed E-state index contributed by atoms with van der Waals surface area (Å²) in [6, 6.07) is 6.15. The lowest BCUT2D eigenvalue weighted by Gasteiger charge is -2.04.